The number of halogens is 3. The lowest BCUT2D eigenvalue weighted by atomic mass is 10.3. The summed E-state index contributed by atoms with van der Waals surface area (Å²) in [6, 6.07) is 13.9. The summed E-state index contributed by atoms with van der Waals surface area (Å²) in [4.78, 5) is 13.0. The van der Waals surface area contributed by atoms with Crippen molar-refractivity contribution < 1.29 is 18.0 Å². The van der Waals surface area contributed by atoms with Crippen LogP contribution in [-0.2, 0) is 0 Å². The van der Waals surface area contributed by atoms with Gasteiger partial charge < -0.3 is 5.32 Å². The standard InChI is InChI=1S/C16H12F3N3OS/c17-16(18,19)10-20-15(23)13-9-12(14-7-4-8-24-14)21-22(13)11-5-2-1-3-6-11/h1-9H,10H2,(H,20,23). The highest BCUT2D eigenvalue weighted by molar-refractivity contribution is 7.13. The van der Waals surface area contributed by atoms with Gasteiger partial charge in [0.2, 0.25) is 0 Å². The summed E-state index contributed by atoms with van der Waals surface area (Å²) in [5.74, 6) is -0.827. The summed E-state index contributed by atoms with van der Waals surface area (Å²) in [7, 11) is 0. The van der Waals surface area contributed by atoms with Crippen LogP contribution in [0, 0.1) is 0 Å². The Labute approximate surface area is 139 Å². The van der Waals surface area contributed by atoms with Gasteiger partial charge in [-0.3, -0.25) is 4.79 Å². The second-order valence-electron chi connectivity index (χ2n) is 4.94. The Morgan fingerprint density at radius 1 is 1.17 bits per heavy atom. The van der Waals surface area contributed by atoms with Crippen molar-refractivity contribution in [2.24, 2.45) is 0 Å². The van der Waals surface area contributed by atoms with Crippen molar-refractivity contribution in [3.8, 4) is 16.3 Å². The largest absolute Gasteiger partial charge is 0.405 e. The number of benzene rings is 1. The van der Waals surface area contributed by atoms with Gasteiger partial charge in [-0.15, -0.1) is 11.3 Å². The van der Waals surface area contributed by atoms with Crippen LogP contribution in [0.5, 0.6) is 0 Å². The normalized spacial score (nSPS) is 11.5. The molecule has 0 unspecified atom stereocenters. The average Bonchev–Trinajstić information content (AvgIpc) is 3.21. The molecule has 0 aliphatic heterocycles. The summed E-state index contributed by atoms with van der Waals surface area (Å²) in [6.45, 7) is -1.39. The molecule has 2 aromatic heterocycles. The molecule has 0 radical (unpaired) electrons. The number of hydrogen-bond acceptors (Lipinski definition) is 3. The van der Waals surface area contributed by atoms with Gasteiger partial charge >= 0.3 is 6.18 Å². The number of alkyl halides is 3. The Balaban J connectivity index is 1.98. The van der Waals surface area contributed by atoms with E-state index in [1.807, 2.05) is 22.8 Å². The van der Waals surface area contributed by atoms with Crippen LogP contribution < -0.4 is 5.32 Å². The summed E-state index contributed by atoms with van der Waals surface area (Å²) in [5.41, 5.74) is 1.18. The maximum absolute atomic E-state index is 12.3. The van der Waals surface area contributed by atoms with Gasteiger partial charge in [0.05, 0.1) is 10.6 Å². The van der Waals surface area contributed by atoms with Crippen LogP contribution in [0.2, 0.25) is 0 Å². The van der Waals surface area contributed by atoms with Gasteiger partial charge in [0.15, 0.2) is 0 Å². The fraction of sp³-hybridized carbons (Fsp3) is 0.125. The van der Waals surface area contributed by atoms with Crippen molar-refractivity contribution in [1.29, 1.82) is 0 Å². The molecule has 1 amide bonds. The highest BCUT2D eigenvalue weighted by atomic mass is 32.1. The second-order valence-corrected chi connectivity index (χ2v) is 5.89. The number of para-hydroxylation sites is 1. The Morgan fingerprint density at radius 2 is 1.92 bits per heavy atom. The molecule has 124 valence electrons. The molecule has 1 N–H and O–H groups in total. The van der Waals surface area contributed by atoms with Crippen LogP contribution in [0.4, 0.5) is 13.2 Å². The summed E-state index contributed by atoms with van der Waals surface area (Å²) in [5, 5.41) is 8.12. The average molecular weight is 351 g/mol. The first-order valence-electron chi connectivity index (χ1n) is 6.98. The van der Waals surface area contributed by atoms with E-state index in [0.29, 0.717) is 11.4 Å². The number of hydrogen-bond donors (Lipinski definition) is 1. The van der Waals surface area contributed by atoms with Gasteiger partial charge in [-0.2, -0.15) is 18.3 Å². The molecule has 0 aliphatic rings. The van der Waals surface area contributed by atoms with E-state index in [-0.39, 0.29) is 5.69 Å². The highest BCUT2D eigenvalue weighted by Crippen LogP contribution is 2.26. The maximum Gasteiger partial charge on any atom is 0.405 e. The van der Waals surface area contributed by atoms with Crippen LogP contribution in [0.3, 0.4) is 0 Å². The predicted molar refractivity (Wildman–Crippen MR) is 85.3 cm³/mol. The van der Waals surface area contributed by atoms with E-state index in [1.165, 1.54) is 22.1 Å². The van der Waals surface area contributed by atoms with Crippen molar-refractivity contribution in [3.63, 3.8) is 0 Å². The molecule has 8 heteroatoms. The van der Waals surface area contributed by atoms with E-state index in [1.54, 1.807) is 30.3 Å². The third kappa shape index (κ3) is 3.65. The minimum Gasteiger partial charge on any atom is -0.342 e. The Morgan fingerprint density at radius 3 is 2.54 bits per heavy atom. The predicted octanol–water partition coefficient (Wildman–Crippen LogP) is 3.89. The van der Waals surface area contributed by atoms with Crippen molar-refractivity contribution in [1.82, 2.24) is 15.1 Å². The highest BCUT2D eigenvalue weighted by Gasteiger charge is 2.29. The van der Waals surface area contributed by atoms with Crippen LogP contribution in [-0.4, -0.2) is 28.4 Å². The zero-order valence-electron chi connectivity index (χ0n) is 12.2. The topological polar surface area (TPSA) is 46.9 Å². The SMILES string of the molecule is O=C(NCC(F)(F)F)c1cc(-c2cccs2)nn1-c1ccccc1. The minimum atomic E-state index is -4.47. The molecule has 0 atom stereocenters. The molecule has 0 spiro atoms. The quantitative estimate of drug-likeness (QED) is 0.775. The van der Waals surface area contributed by atoms with Gasteiger partial charge in [0.25, 0.3) is 5.91 Å². The van der Waals surface area contributed by atoms with E-state index < -0.39 is 18.6 Å². The first-order valence-corrected chi connectivity index (χ1v) is 7.86. The Kier molecular flexibility index (Phi) is 4.39. The lowest BCUT2D eigenvalue weighted by Gasteiger charge is -2.10. The molecule has 0 saturated heterocycles. The third-order valence-corrected chi connectivity index (χ3v) is 4.06. The molecule has 4 nitrogen and oxygen atoms in total. The van der Waals surface area contributed by atoms with Gasteiger partial charge in [-0.1, -0.05) is 24.3 Å². The first kappa shape index (κ1) is 16.3. The molecule has 3 aromatic rings. The molecule has 0 aliphatic carbocycles. The molecular formula is C16H12F3N3OS. The van der Waals surface area contributed by atoms with Crippen LogP contribution >= 0.6 is 11.3 Å². The van der Waals surface area contributed by atoms with Crippen molar-refractivity contribution in [2.45, 2.75) is 6.18 Å². The molecule has 0 bridgehead atoms. The number of amides is 1. The number of aromatic nitrogens is 2. The summed E-state index contributed by atoms with van der Waals surface area (Å²) >= 11 is 1.44. The zero-order valence-corrected chi connectivity index (χ0v) is 13.1. The van der Waals surface area contributed by atoms with Crippen LogP contribution in [0.15, 0.2) is 53.9 Å². The fourth-order valence-electron chi connectivity index (χ4n) is 2.12. The monoisotopic (exact) mass is 351 g/mol. The third-order valence-electron chi connectivity index (χ3n) is 3.17. The van der Waals surface area contributed by atoms with E-state index in [4.69, 9.17) is 0 Å². The summed E-state index contributed by atoms with van der Waals surface area (Å²) < 4.78 is 38.4. The molecule has 0 fully saturated rings. The van der Waals surface area contributed by atoms with Crippen LogP contribution in [0.1, 0.15) is 10.5 Å². The van der Waals surface area contributed by atoms with Gasteiger partial charge in [0.1, 0.15) is 17.9 Å². The van der Waals surface area contributed by atoms with E-state index in [9.17, 15) is 18.0 Å². The van der Waals surface area contributed by atoms with Crippen molar-refractivity contribution in [3.05, 3.63) is 59.6 Å². The lowest BCUT2D eigenvalue weighted by Crippen LogP contribution is -2.34. The molecule has 3 rings (SSSR count). The number of nitrogens with one attached hydrogen (secondary N) is 1. The summed E-state index contributed by atoms with van der Waals surface area (Å²) in [6.07, 6.45) is -4.47. The number of carbonyl (C=O) groups is 1. The van der Waals surface area contributed by atoms with Gasteiger partial charge in [-0.25, -0.2) is 4.68 Å². The van der Waals surface area contributed by atoms with Crippen LogP contribution in [0.25, 0.3) is 16.3 Å². The molecule has 24 heavy (non-hydrogen) atoms. The number of nitrogens with zero attached hydrogens (tertiary/aromatic N) is 2. The van der Waals surface area contributed by atoms with Gasteiger partial charge in [-0.05, 0) is 29.6 Å². The maximum atomic E-state index is 12.3. The smallest absolute Gasteiger partial charge is 0.342 e. The first-order chi connectivity index (χ1) is 11.4. The molecule has 0 saturated carbocycles. The Hall–Kier alpha value is -2.61. The second kappa shape index (κ2) is 6.48. The molecule has 1 aromatic carbocycles. The molecule has 2 heterocycles. The number of thiophene rings is 1. The van der Waals surface area contributed by atoms with E-state index in [2.05, 4.69) is 5.10 Å². The number of carbonyl (C=O) groups excluding carboxylic acids is 1. The van der Waals surface area contributed by atoms with Crippen molar-refractivity contribution >= 4 is 17.2 Å². The van der Waals surface area contributed by atoms with Crippen molar-refractivity contribution in [2.75, 3.05) is 6.54 Å². The lowest BCUT2D eigenvalue weighted by molar-refractivity contribution is -0.123. The van der Waals surface area contributed by atoms with E-state index >= 15 is 0 Å². The molecular weight excluding hydrogens is 339 g/mol. The Bertz CT molecular complexity index is 826. The van der Waals surface area contributed by atoms with E-state index in [0.717, 1.165) is 4.88 Å². The fourth-order valence-corrected chi connectivity index (χ4v) is 2.81. The number of rotatable bonds is 4. The minimum absolute atomic E-state index is 0.0499. The zero-order chi connectivity index (χ0) is 17.2. The van der Waals surface area contributed by atoms with Gasteiger partial charge in [0, 0.05) is 0 Å².